The molecule has 0 radical (unpaired) electrons. The second-order valence-electron chi connectivity index (χ2n) is 7.68. The third kappa shape index (κ3) is 5.24. The standard InChI is InChI=1S/C23H27ClN4O/c1-16(2)14-28-18(4)22(17(3)26-28)13-23(29)27(15-20-7-5-6-12-25-20)21-10-8-19(24)9-11-21/h5-12,16H,13-15H2,1-4H3. The summed E-state index contributed by atoms with van der Waals surface area (Å²) in [6.07, 6.45) is 2.04. The van der Waals surface area contributed by atoms with Gasteiger partial charge in [-0.05, 0) is 56.2 Å². The Labute approximate surface area is 177 Å². The van der Waals surface area contributed by atoms with Crippen molar-refractivity contribution in [3.8, 4) is 0 Å². The number of aryl methyl sites for hydroxylation is 1. The number of nitrogens with zero attached hydrogens (tertiary/aromatic N) is 4. The number of amides is 1. The van der Waals surface area contributed by atoms with Crippen molar-refractivity contribution in [1.29, 1.82) is 0 Å². The van der Waals surface area contributed by atoms with Crippen molar-refractivity contribution in [3.63, 3.8) is 0 Å². The fourth-order valence-electron chi connectivity index (χ4n) is 3.36. The average Bonchev–Trinajstić information content (AvgIpc) is 2.94. The molecule has 0 aliphatic carbocycles. The van der Waals surface area contributed by atoms with Crippen LogP contribution in [0.15, 0.2) is 48.7 Å². The second-order valence-corrected chi connectivity index (χ2v) is 8.12. The van der Waals surface area contributed by atoms with E-state index in [-0.39, 0.29) is 5.91 Å². The van der Waals surface area contributed by atoms with Crippen LogP contribution in [0.2, 0.25) is 5.02 Å². The first-order valence-corrected chi connectivity index (χ1v) is 10.2. The van der Waals surface area contributed by atoms with Crippen molar-refractivity contribution in [2.75, 3.05) is 4.90 Å². The number of halogens is 1. The number of rotatable bonds is 7. The molecule has 0 bridgehead atoms. The van der Waals surface area contributed by atoms with Gasteiger partial charge in [-0.2, -0.15) is 5.10 Å². The number of benzene rings is 1. The predicted molar refractivity (Wildman–Crippen MR) is 117 cm³/mol. The molecule has 6 heteroatoms. The summed E-state index contributed by atoms with van der Waals surface area (Å²) in [5, 5.41) is 5.29. The predicted octanol–water partition coefficient (Wildman–Crippen LogP) is 4.98. The highest BCUT2D eigenvalue weighted by atomic mass is 35.5. The number of pyridine rings is 1. The molecule has 0 N–H and O–H groups in total. The van der Waals surface area contributed by atoms with E-state index in [1.807, 2.05) is 48.9 Å². The van der Waals surface area contributed by atoms with Crippen molar-refractivity contribution < 1.29 is 4.79 Å². The highest BCUT2D eigenvalue weighted by molar-refractivity contribution is 6.30. The Morgan fingerprint density at radius 2 is 1.86 bits per heavy atom. The van der Waals surface area contributed by atoms with Crippen molar-refractivity contribution in [2.45, 2.75) is 47.2 Å². The minimum absolute atomic E-state index is 0.00766. The molecular weight excluding hydrogens is 384 g/mol. The molecule has 0 aliphatic rings. The molecule has 0 saturated heterocycles. The van der Waals surface area contributed by atoms with E-state index in [2.05, 4.69) is 23.9 Å². The van der Waals surface area contributed by atoms with Gasteiger partial charge in [0.15, 0.2) is 0 Å². The second kappa shape index (κ2) is 9.23. The molecule has 152 valence electrons. The van der Waals surface area contributed by atoms with E-state index in [0.717, 1.165) is 34.9 Å². The molecule has 3 rings (SSSR count). The summed E-state index contributed by atoms with van der Waals surface area (Å²) >= 11 is 6.04. The summed E-state index contributed by atoms with van der Waals surface area (Å²) < 4.78 is 2.01. The summed E-state index contributed by atoms with van der Waals surface area (Å²) in [4.78, 5) is 19.5. The molecule has 0 aliphatic heterocycles. The van der Waals surface area contributed by atoms with Gasteiger partial charge in [-0.15, -0.1) is 0 Å². The van der Waals surface area contributed by atoms with Gasteiger partial charge in [-0.3, -0.25) is 14.5 Å². The average molecular weight is 411 g/mol. The van der Waals surface area contributed by atoms with E-state index in [1.54, 1.807) is 23.2 Å². The van der Waals surface area contributed by atoms with E-state index in [0.29, 0.717) is 23.9 Å². The minimum Gasteiger partial charge on any atom is -0.306 e. The number of hydrogen-bond donors (Lipinski definition) is 0. The molecule has 1 aromatic carbocycles. The molecule has 3 aromatic rings. The largest absolute Gasteiger partial charge is 0.306 e. The lowest BCUT2D eigenvalue weighted by atomic mass is 10.1. The summed E-state index contributed by atoms with van der Waals surface area (Å²) in [7, 11) is 0. The molecule has 29 heavy (non-hydrogen) atoms. The van der Waals surface area contributed by atoms with Gasteiger partial charge in [0, 0.05) is 34.7 Å². The fraction of sp³-hybridized carbons (Fsp3) is 0.348. The zero-order chi connectivity index (χ0) is 21.0. The summed E-state index contributed by atoms with van der Waals surface area (Å²) in [5.41, 5.74) is 4.59. The van der Waals surface area contributed by atoms with Gasteiger partial charge >= 0.3 is 0 Å². The van der Waals surface area contributed by atoms with E-state index in [9.17, 15) is 4.79 Å². The Morgan fingerprint density at radius 3 is 2.48 bits per heavy atom. The van der Waals surface area contributed by atoms with Gasteiger partial charge in [0.05, 0.1) is 24.4 Å². The number of aromatic nitrogens is 3. The molecule has 0 atom stereocenters. The zero-order valence-electron chi connectivity index (χ0n) is 17.4. The van der Waals surface area contributed by atoms with Crippen molar-refractivity contribution in [2.24, 2.45) is 5.92 Å². The van der Waals surface area contributed by atoms with E-state index in [1.165, 1.54) is 0 Å². The number of hydrogen-bond acceptors (Lipinski definition) is 3. The van der Waals surface area contributed by atoms with Crippen LogP contribution in [0.5, 0.6) is 0 Å². The minimum atomic E-state index is 0.00766. The maximum absolute atomic E-state index is 13.4. The highest BCUT2D eigenvalue weighted by Crippen LogP contribution is 2.23. The third-order valence-corrected chi connectivity index (χ3v) is 5.14. The number of carbonyl (C=O) groups is 1. The maximum Gasteiger partial charge on any atom is 0.231 e. The van der Waals surface area contributed by atoms with Crippen LogP contribution < -0.4 is 4.90 Å². The molecule has 2 aromatic heterocycles. The lowest BCUT2D eigenvalue weighted by Gasteiger charge is -2.23. The Bertz CT molecular complexity index is 965. The smallest absolute Gasteiger partial charge is 0.231 e. The molecule has 0 fully saturated rings. The van der Waals surface area contributed by atoms with Gasteiger partial charge in [-0.1, -0.05) is 31.5 Å². The molecule has 0 saturated carbocycles. The van der Waals surface area contributed by atoms with Crippen molar-refractivity contribution in [1.82, 2.24) is 14.8 Å². The van der Waals surface area contributed by atoms with Gasteiger partial charge in [-0.25, -0.2) is 0 Å². The molecule has 2 heterocycles. The molecule has 5 nitrogen and oxygen atoms in total. The van der Waals surface area contributed by atoms with Crippen LogP contribution in [0.25, 0.3) is 0 Å². The van der Waals surface area contributed by atoms with Crippen LogP contribution in [0, 0.1) is 19.8 Å². The third-order valence-electron chi connectivity index (χ3n) is 4.88. The Hall–Kier alpha value is -2.66. The normalized spacial score (nSPS) is 11.1. The van der Waals surface area contributed by atoms with Crippen LogP contribution in [0.3, 0.4) is 0 Å². The van der Waals surface area contributed by atoms with E-state index < -0.39 is 0 Å². The van der Waals surface area contributed by atoms with Gasteiger partial charge in [0.2, 0.25) is 5.91 Å². The van der Waals surface area contributed by atoms with Crippen LogP contribution in [0.1, 0.15) is 36.5 Å². The molecule has 1 amide bonds. The Morgan fingerprint density at radius 1 is 1.14 bits per heavy atom. The van der Waals surface area contributed by atoms with Crippen molar-refractivity contribution in [3.05, 3.63) is 76.3 Å². The van der Waals surface area contributed by atoms with Crippen LogP contribution >= 0.6 is 11.6 Å². The first kappa shape index (κ1) is 21.1. The Balaban J connectivity index is 1.89. The molecular formula is C23H27ClN4O. The van der Waals surface area contributed by atoms with Gasteiger partial charge in [0.25, 0.3) is 0 Å². The van der Waals surface area contributed by atoms with Gasteiger partial charge in [0.1, 0.15) is 0 Å². The first-order chi connectivity index (χ1) is 13.8. The highest BCUT2D eigenvalue weighted by Gasteiger charge is 2.21. The van der Waals surface area contributed by atoms with Crippen LogP contribution in [0.4, 0.5) is 5.69 Å². The van der Waals surface area contributed by atoms with Crippen LogP contribution in [-0.2, 0) is 24.3 Å². The Kier molecular flexibility index (Phi) is 6.70. The lowest BCUT2D eigenvalue weighted by Crippen LogP contribution is -2.32. The lowest BCUT2D eigenvalue weighted by molar-refractivity contribution is -0.118. The van der Waals surface area contributed by atoms with Gasteiger partial charge < -0.3 is 4.90 Å². The fourth-order valence-corrected chi connectivity index (χ4v) is 3.48. The molecule has 0 spiro atoms. The van der Waals surface area contributed by atoms with E-state index >= 15 is 0 Å². The van der Waals surface area contributed by atoms with Crippen LogP contribution in [-0.4, -0.2) is 20.7 Å². The molecule has 0 unspecified atom stereocenters. The quantitative estimate of drug-likeness (QED) is 0.551. The maximum atomic E-state index is 13.4. The summed E-state index contributed by atoms with van der Waals surface area (Å²) in [6.45, 7) is 9.58. The number of anilines is 1. The zero-order valence-corrected chi connectivity index (χ0v) is 18.1. The SMILES string of the molecule is Cc1nn(CC(C)C)c(C)c1CC(=O)N(Cc1ccccn1)c1ccc(Cl)cc1. The first-order valence-electron chi connectivity index (χ1n) is 9.84. The summed E-state index contributed by atoms with van der Waals surface area (Å²) in [6, 6.07) is 13.0. The number of carbonyl (C=O) groups excluding carboxylic acids is 1. The van der Waals surface area contributed by atoms with E-state index in [4.69, 9.17) is 11.6 Å². The summed E-state index contributed by atoms with van der Waals surface area (Å²) in [5.74, 6) is 0.500. The topological polar surface area (TPSA) is 51.0 Å². The van der Waals surface area contributed by atoms with Crippen molar-refractivity contribution >= 4 is 23.2 Å². The monoisotopic (exact) mass is 410 g/mol.